The molecule has 0 aliphatic rings. The molecule has 0 amide bonds. The monoisotopic (exact) mass is 274 g/mol. The Morgan fingerprint density at radius 2 is 1.42 bits per heavy atom. The molecule has 0 unspecified atom stereocenters. The van der Waals surface area contributed by atoms with Crippen LogP contribution in [0.25, 0.3) is 0 Å². The fraction of sp³-hybridized carbons (Fsp3) is 0.769. The van der Waals surface area contributed by atoms with Crippen molar-refractivity contribution in [1.29, 1.82) is 0 Å². The number of carbonyl (C=O) groups excluding carboxylic acids is 2. The summed E-state index contributed by atoms with van der Waals surface area (Å²) in [7, 11) is 0. The van der Waals surface area contributed by atoms with Crippen molar-refractivity contribution in [2.24, 2.45) is 5.41 Å². The lowest BCUT2D eigenvalue weighted by molar-refractivity contribution is -0.173. The van der Waals surface area contributed by atoms with Crippen LogP contribution in [0.2, 0.25) is 0 Å². The Labute approximate surface area is 113 Å². The first kappa shape index (κ1) is 17.4. The van der Waals surface area contributed by atoms with E-state index in [1.165, 1.54) is 0 Å². The smallest absolute Gasteiger partial charge is 0.323 e. The summed E-state index contributed by atoms with van der Waals surface area (Å²) in [6.45, 7) is 5.36. The summed E-state index contributed by atoms with van der Waals surface area (Å²) in [6.07, 6.45) is 0.390. The van der Waals surface area contributed by atoms with E-state index in [9.17, 15) is 14.4 Å². The second kappa shape index (κ2) is 8.50. The SMILES string of the molecule is CCCC(CCC(=O)O)(C(=O)OCC)C(=O)OCC. The van der Waals surface area contributed by atoms with Crippen molar-refractivity contribution in [3.05, 3.63) is 0 Å². The lowest BCUT2D eigenvalue weighted by Gasteiger charge is -2.28. The first-order valence-electron chi connectivity index (χ1n) is 6.50. The van der Waals surface area contributed by atoms with E-state index in [1.807, 2.05) is 6.92 Å². The lowest BCUT2D eigenvalue weighted by Crippen LogP contribution is -2.42. The molecule has 0 bridgehead atoms. The highest BCUT2D eigenvalue weighted by atomic mass is 16.6. The van der Waals surface area contributed by atoms with E-state index in [0.717, 1.165) is 0 Å². The van der Waals surface area contributed by atoms with Gasteiger partial charge in [-0.2, -0.15) is 0 Å². The average molecular weight is 274 g/mol. The third-order valence-electron chi connectivity index (χ3n) is 2.77. The molecule has 19 heavy (non-hydrogen) atoms. The molecule has 0 saturated heterocycles. The Morgan fingerprint density at radius 1 is 0.947 bits per heavy atom. The zero-order valence-electron chi connectivity index (χ0n) is 11.7. The van der Waals surface area contributed by atoms with Gasteiger partial charge in [-0.1, -0.05) is 13.3 Å². The number of carboxylic acid groups (broad SMARTS) is 1. The third-order valence-corrected chi connectivity index (χ3v) is 2.77. The van der Waals surface area contributed by atoms with Crippen molar-refractivity contribution in [1.82, 2.24) is 0 Å². The summed E-state index contributed by atoms with van der Waals surface area (Å²) in [6, 6.07) is 0. The lowest BCUT2D eigenvalue weighted by atomic mass is 9.79. The van der Waals surface area contributed by atoms with Gasteiger partial charge in [-0.05, 0) is 26.7 Å². The predicted octanol–water partition coefficient (Wildman–Crippen LogP) is 1.76. The maximum Gasteiger partial charge on any atom is 0.323 e. The Morgan fingerprint density at radius 3 is 1.74 bits per heavy atom. The number of esters is 2. The Bertz CT molecular complexity index is 305. The predicted molar refractivity (Wildman–Crippen MR) is 67.5 cm³/mol. The molecule has 0 fully saturated rings. The summed E-state index contributed by atoms with van der Waals surface area (Å²) in [5.41, 5.74) is -1.50. The molecule has 6 heteroatoms. The zero-order chi connectivity index (χ0) is 14.9. The van der Waals surface area contributed by atoms with Crippen LogP contribution in [-0.2, 0) is 23.9 Å². The Hall–Kier alpha value is -1.59. The highest BCUT2D eigenvalue weighted by Gasteiger charge is 2.48. The molecule has 1 N–H and O–H groups in total. The minimum atomic E-state index is -1.50. The molecule has 0 saturated carbocycles. The van der Waals surface area contributed by atoms with Gasteiger partial charge in [-0.3, -0.25) is 14.4 Å². The second-order valence-corrected chi connectivity index (χ2v) is 4.17. The number of ether oxygens (including phenoxy) is 2. The molecule has 0 atom stereocenters. The van der Waals surface area contributed by atoms with Crippen LogP contribution in [0.4, 0.5) is 0 Å². The van der Waals surface area contributed by atoms with Gasteiger partial charge in [0, 0.05) is 6.42 Å². The van der Waals surface area contributed by atoms with Gasteiger partial charge in [0.05, 0.1) is 13.2 Å². The number of carbonyl (C=O) groups is 3. The quantitative estimate of drug-likeness (QED) is 0.509. The number of rotatable bonds is 9. The standard InChI is InChI=1S/C13H22O6/c1-4-8-13(9-7-10(14)15,11(16)18-5-2)12(17)19-6-3/h4-9H2,1-3H3,(H,14,15). The van der Waals surface area contributed by atoms with Crippen LogP contribution in [0.5, 0.6) is 0 Å². The van der Waals surface area contributed by atoms with Crippen LogP contribution in [0.1, 0.15) is 46.5 Å². The van der Waals surface area contributed by atoms with Gasteiger partial charge in [0.25, 0.3) is 0 Å². The van der Waals surface area contributed by atoms with Crippen LogP contribution in [-0.4, -0.2) is 36.2 Å². The highest BCUT2D eigenvalue weighted by Crippen LogP contribution is 2.33. The molecule has 0 rings (SSSR count). The summed E-state index contributed by atoms with van der Waals surface area (Å²) in [5.74, 6) is -2.46. The summed E-state index contributed by atoms with van der Waals surface area (Å²) in [4.78, 5) is 34.8. The molecule has 0 aromatic heterocycles. The first-order valence-corrected chi connectivity index (χ1v) is 6.50. The molecular formula is C13H22O6. The summed E-state index contributed by atoms with van der Waals surface area (Å²) < 4.78 is 9.85. The minimum absolute atomic E-state index is 0.103. The Balaban J connectivity index is 5.25. The van der Waals surface area contributed by atoms with E-state index in [-0.39, 0.29) is 32.5 Å². The van der Waals surface area contributed by atoms with Gasteiger partial charge in [-0.25, -0.2) is 0 Å². The van der Waals surface area contributed by atoms with Gasteiger partial charge < -0.3 is 14.6 Å². The zero-order valence-corrected chi connectivity index (χ0v) is 11.7. The number of aliphatic carboxylic acids is 1. The summed E-state index contributed by atoms with van der Waals surface area (Å²) >= 11 is 0. The molecule has 0 spiro atoms. The Kier molecular flexibility index (Phi) is 7.79. The van der Waals surface area contributed by atoms with Gasteiger partial charge in [-0.15, -0.1) is 0 Å². The van der Waals surface area contributed by atoms with Crippen molar-refractivity contribution in [3.63, 3.8) is 0 Å². The van der Waals surface area contributed by atoms with Crippen molar-refractivity contribution >= 4 is 17.9 Å². The second-order valence-electron chi connectivity index (χ2n) is 4.17. The third kappa shape index (κ3) is 4.89. The number of hydrogen-bond donors (Lipinski definition) is 1. The van der Waals surface area contributed by atoms with E-state index in [1.54, 1.807) is 13.8 Å². The minimum Gasteiger partial charge on any atom is -0.481 e. The topological polar surface area (TPSA) is 89.9 Å². The van der Waals surface area contributed by atoms with Crippen molar-refractivity contribution in [2.75, 3.05) is 13.2 Å². The van der Waals surface area contributed by atoms with Gasteiger partial charge in [0.1, 0.15) is 0 Å². The van der Waals surface area contributed by atoms with Crippen LogP contribution in [0, 0.1) is 5.41 Å². The van der Waals surface area contributed by atoms with Crippen molar-refractivity contribution in [2.45, 2.75) is 46.5 Å². The number of hydrogen-bond acceptors (Lipinski definition) is 5. The molecule has 0 aromatic carbocycles. The molecular weight excluding hydrogens is 252 g/mol. The molecule has 0 aliphatic carbocycles. The average Bonchev–Trinajstić information content (AvgIpc) is 2.34. The largest absolute Gasteiger partial charge is 0.481 e. The normalized spacial score (nSPS) is 10.9. The van der Waals surface area contributed by atoms with E-state index in [0.29, 0.717) is 6.42 Å². The molecule has 0 aliphatic heterocycles. The van der Waals surface area contributed by atoms with Crippen molar-refractivity contribution in [3.8, 4) is 0 Å². The molecule has 110 valence electrons. The molecule has 0 aromatic rings. The molecule has 0 radical (unpaired) electrons. The fourth-order valence-electron chi connectivity index (χ4n) is 1.90. The van der Waals surface area contributed by atoms with E-state index in [4.69, 9.17) is 14.6 Å². The van der Waals surface area contributed by atoms with E-state index < -0.39 is 23.3 Å². The van der Waals surface area contributed by atoms with Gasteiger partial charge in [0.2, 0.25) is 0 Å². The first-order chi connectivity index (χ1) is 8.94. The van der Waals surface area contributed by atoms with Crippen molar-refractivity contribution < 1.29 is 29.0 Å². The molecule has 6 nitrogen and oxygen atoms in total. The highest BCUT2D eigenvalue weighted by molar-refractivity contribution is 6.00. The van der Waals surface area contributed by atoms with Gasteiger partial charge in [0.15, 0.2) is 5.41 Å². The number of carboxylic acids is 1. The fourth-order valence-corrected chi connectivity index (χ4v) is 1.90. The maximum absolute atomic E-state index is 12.1. The van der Waals surface area contributed by atoms with E-state index >= 15 is 0 Å². The van der Waals surface area contributed by atoms with E-state index in [2.05, 4.69) is 0 Å². The summed E-state index contributed by atoms with van der Waals surface area (Å²) in [5, 5.41) is 8.76. The van der Waals surface area contributed by atoms with Crippen LogP contribution >= 0.6 is 0 Å². The van der Waals surface area contributed by atoms with Crippen LogP contribution in [0.3, 0.4) is 0 Å². The van der Waals surface area contributed by atoms with Gasteiger partial charge >= 0.3 is 17.9 Å². The van der Waals surface area contributed by atoms with Crippen LogP contribution in [0.15, 0.2) is 0 Å². The maximum atomic E-state index is 12.1. The van der Waals surface area contributed by atoms with Crippen LogP contribution < -0.4 is 0 Å². The molecule has 0 heterocycles.